The van der Waals surface area contributed by atoms with E-state index in [1.54, 1.807) is 6.26 Å². The monoisotopic (exact) mass is 403 g/mol. The Morgan fingerprint density at radius 3 is 2.53 bits per heavy atom. The van der Waals surface area contributed by atoms with Gasteiger partial charge in [-0.2, -0.15) is 0 Å². The second kappa shape index (κ2) is 7.95. The van der Waals surface area contributed by atoms with Crippen molar-refractivity contribution in [3.63, 3.8) is 0 Å². The summed E-state index contributed by atoms with van der Waals surface area (Å²) >= 11 is 0. The Labute approximate surface area is 175 Å². The van der Waals surface area contributed by atoms with Crippen LogP contribution in [0.1, 0.15) is 24.1 Å². The molecule has 0 bridgehead atoms. The number of nitrogens with zero attached hydrogens (tertiary/aromatic N) is 3. The molecule has 0 radical (unpaired) electrons. The SMILES string of the molecule is O=C(N1CCN(CC=Cc2ccccc2)CC1)C1(c2cc(-c3ccco3)on2)CC1. The van der Waals surface area contributed by atoms with Gasteiger partial charge in [0.1, 0.15) is 0 Å². The Bertz CT molecular complexity index is 1010. The fourth-order valence-electron chi connectivity index (χ4n) is 4.08. The zero-order valence-corrected chi connectivity index (χ0v) is 16.9. The molecule has 3 aromatic rings. The molecule has 0 N–H and O–H groups in total. The predicted octanol–water partition coefficient (Wildman–Crippen LogP) is 3.82. The lowest BCUT2D eigenvalue weighted by Crippen LogP contribution is -2.51. The molecule has 3 heterocycles. The highest BCUT2D eigenvalue weighted by atomic mass is 16.5. The molecule has 0 spiro atoms. The largest absolute Gasteiger partial charge is 0.461 e. The maximum atomic E-state index is 13.3. The third kappa shape index (κ3) is 3.71. The summed E-state index contributed by atoms with van der Waals surface area (Å²) < 4.78 is 10.8. The van der Waals surface area contributed by atoms with Gasteiger partial charge in [0, 0.05) is 38.8 Å². The van der Waals surface area contributed by atoms with Crippen LogP contribution < -0.4 is 0 Å². The summed E-state index contributed by atoms with van der Waals surface area (Å²) in [4.78, 5) is 17.6. The molecule has 1 saturated carbocycles. The van der Waals surface area contributed by atoms with Crippen LogP contribution in [0.2, 0.25) is 0 Å². The molecular weight excluding hydrogens is 378 g/mol. The molecule has 2 aromatic heterocycles. The molecule has 5 rings (SSSR count). The maximum absolute atomic E-state index is 13.3. The molecule has 30 heavy (non-hydrogen) atoms. The molecule has 2 fully saturated rings. The van der Waals surface area contributed by atoms with Gasteiger partial charge in [0.2, 0.25) is 11.7 Å². The van der Waals surface area contributed by atoms with Crippen LogP contribution in [0, 0.1) is 0 Å². The Kier molecular flexibility index (Phi) is 5.01. The van der Waals surface area contributed by atoms with Gasteiger partial charge in [-0.3, -0.25) is 9.69 Å². The average Bonchev–Trinajstić information content (AvgIpc) is 3.18. The molecule has 1 aliphatic carbocycles. The van der Waals surface area contributed by atoms with Crippen molar-refractivity contribution < 1.29 is 13.7 Å². The zero-order chi connectivity index (χ0) is 20.4. The minimum atomic E-state index is -0.510. The smallest absolute Gasteiger partial charge is 0.235 e. The Morgan fingerprint density at radius 1 is 1.03 bits per heavy atom. The number of hydrogen-bond acceptors (Lipinski definition) is 5. The van der Waals surface area contributed by atoms with E-state index < -0.39 is 5.41 Å². The molecular formula is C24H25N3O3. The van der Waals surface area contributed by atoms with Crippen LogP contribution in [0.3, 0.4) is 0 Å². The van der Waals surface area contributed by atoms with E-state index in [-0.39, 0.29) is 5.91 Å². The van der Waals surface area contributed by atoms with Gasteiger partial charge in [-0.15, -0.1) is 0 Å². The first-order valence-electron chi connectivity index (χ1n) is 10.5. The second-order valence-electron chi connectivity index (χ2n) is 8.04. The van der Waals surface area contributed by atoms with Gasteiger partial charge in [0.25, 0.3) is 0 Å². The number of amides is 1. The number of hydrogen-bond donors (Lipinski definition) is 0. The van der Waals surface area contributed by atoms with E-state index in [4.69, 9.17) is 8.94 Å². The lowest BCUT2D eigenvalue weighted by atomic mass is 9.99. The summed E-state index contributed by atoms with van der Waals surface area (Å²) in [5.74, 6) is 1.39. The van der Waals surface area contributed by atoms with Crippen molar-refractivity contribution in [2.24, 2.45) is 0 Å². The number of rotatable bonds is 6. The van der Waals surface area contributed by atoms with Crippen molar-refractivity contribution >= 4 is 12.0 Å². The predicted molar refractivity (Wildman–Crippen MR) is 114 cm³/mol. The van der Waals surface area contributed by atoms with Gasteiger partial charge in [-0.1, -0.05) is 47.6 Å². The van der Waals surface area contributed by atoms with Crippen molar-refractivity contribution in [3.8, 4) is 11.5 Å². The third-order valence-electron chi connectivity index (χ3n) is 6.06. The third-order valence-corrected chi connectivity index (χ3v) is 6.06. The number of piperazine rings is 1. The fourth-order valence-corrected chi connectivity index (χ4v) is 4.08. The van der Waals surface area contributed by atoms with E-state index in [1.807, 2.05) is 41.3 Å². The lowest BCUT2D eigenvalue weighted by molar-refractivity contribution is -0.135. The first-order chi connectivity index (χ1) is 14.7. The highest BCUT2D eigenvalue weighted by molar-refractivity contribution is 5.91. The van der Waals surface area contributed by atoms with Crippen LogP contribution in [0.4, 0.5) is 0 Å². The van der Waals surface area contributed by atoms with Gasteiger partial charge in [-0.25, -0.2) is 0 Å². The normalized spacial score (nSPS) is 18.7. The lowest BCUT2D eigenvalue weighted by Gasteiger charge is -2.35. The second-order valence-corrected chi connectivity index (χ2v) is 8.04. The topological polar surface area (TPSA) is 62.7 Å². The first kappa shape index (κ1) is 18.9. The van der Waals surface area contributed by atoms with Crippen LogP contribution in [0.25, 0.3) is 17.6 Å². The van der Waals surface area contributed by atoms with Gasteiger partial charge in [0.15, 0.2) is 5.76 Å². The summed E-state index contributed by atoms with van der Waals surface area (Å²) in [7, 11) is 0. The molecule has 1 aromatic carbocycles. The van der Waals surface area contributed by atoms with E-state index in [9.17, 15) is 4.79 Å². The van der Waals surface area contributed by atoms with E-state index >= 15 is 0 Å². The van der Waals surface area contributed by atoms with Crippen LogP contribution in [-0.2, 0) is 10.2 Å². The molecule has 154 valence electrons. The quantitative estimate of drug-likeness (QED) is 0.626. The molecule has 0 atom stereocenters. The van der Waals surface area contributed by atoms with Crippen molar-refractivity contribution in [2.75, 3.05) is 32.7 Å². The van der Waals surface area contributed by atoms with Crippen molar-refractivity contribution in [1.29, 1.82) is 0 Å². The average molecular weight is 403 g/mol. The summed E-state index contributed by atoms with van der Waals surface area (Å²) in [6.07, 6.45) is 7.61. The van der Waals surface area contributed by atoms with Crippen LogP contribution in [0.15, 0.2) is 69.8 Å². The number of benzene rings is 1. The first-order valence-corrected chi connectivity index (χ1v) is 10.5. The number of carbonyl (C=O) groups excluding carboxylic acids is 1. The number of carbonyl (C=O) groups is 1. The van der Waals surface area contributed by atoms with Crippen molar-refractivity contribution in [1.82, 2.24) is 15.0 Å². The summed E-state index contributed by atoms with van der Waals surface area (Å²) in [6.45, 7) is 4.18. The Morgan fingerprint density at radius 2 is 1.83 bits per heavy atom. The molecule has 6 nitrogen and oxygen atoms in total. The molecule has 1 saturated heterocycles. The van der Waals surface area contributed by atoms with Gasteiger partial charge < -0.3 is 13.8 Å². The fraction of sp³-hybridized carbons (Fsp3) is 0.333. The summed E-state index contributed by atoms with van der Waals surface area (Å²) in [6, 6.07) is 15.8. The van der Waals surface area contributed by atoms with Crippen LogP contribution in [0.5, 0.6) is 0 Å². The highest BCUT2D eigenvalue weighted by Gasteiger charge is 2.55. The Hall–Kier alpha value is -3.12. The van der Waals surface area contributed by atoms with E-state index in [0.717, 1.165) is 51.3 Å². The Balaban J connectivity index is 1.17. The molecule has 6 heteroatoms. The van der Waals surface area contributed by atoms with Crippen molar-refractivity contribution in [2.45, 2.75) is 18.3 Å². The zero-order valence-electron chi connectivity index (χ0n) is 16.9. The van der Waals surface area contributed by atoms with Gasteiger partial charge >= 0.3 is 0 Å². The van der Waals surface area contributed by atoms with E-state index in [1.165, 1.54) is 5.56 Å². The molecule has 1 aliphatic heterocycles. The highest BCUT2D eigenvalue weighted by Crippen LogP contribution is 2.50. The number of furan rings is 1. The molecule has 0 unspecified atom stereocenters. The minimum Gasteiger partial charge on any atom is -0.461 e. The minimum absolute atomic E-state index is 0.182. The number of aromatic nitrogens is 1. The van der Waals surface area contributed by atoms with E-state index in [0.29, 0.717) is 11.5 Å². The van der Waals surface area contributed by atoms with E-state index in [2.05, 4.69) is 34.3 Å². The van der Waals surface area contributed by atoms with Gasteiger partial charge in [-0.05, 0) is 30.5 Å². The summed E-state index contributed by atoms with van der Waals surface area (Å²) in [5, 5.41) is 4.20. The van der Waals surface area contributed by atoms with Crippen LogP contribution in [-0.4, -0.2) is 53.6 Å². The summed E-state index contributed by atoms with van der Waals surface area (Å²) in [5.41, 5.74) is 1.43. The standard InChI is InChI=1S/C24H25N3O3/c28-23(24(10-11-24)22-18-21(30-25-22)20-9-5-17-29-20)27-15-13-26(14-16-27)12-4-8-19-6-2-1-3-7-19/h1-9,17-18H,10-16H2. The van der Waals surface area contributed by atoms with Crippen LogP contribution >= 0.6 is 0 Å². The maximum Gasteiger partial charge on any atom is 0.235 e. The van der Waals surface area contributed by atoms with Crippen molar-refractivity contribution in [3.05, 3.63) is 72.1 Å². The molecule has 1 amide bonds. The van der Waals surface area contributed by atoms with Gasteiger partial charge in [0.05, 0.1) is 17.4 Å². The molecule has 2 aliphatic rings.